The van der Waals surface area contributed by atoms with E-state index in [1.165, 1.54) is 29.3 Å². The molecule has 0 spiro atoms. The molecule has 2 aromatic heterocycles. The quantitative estimate of drug-likeness (QED) is 0.835. The van der Waals surface area contributed by atoms with Crippen LogP contribution in [0.1, 0.15) is 20.8 Å². The predicted octanol–water partition coefficient (Wildman–Crippen LogP) is 1.57. The Morgan fingerprint density at radius 2 is 2.19 bits per heavy atom. The van der Waals surface area contributed by atoms with Crippen molar-refractivity contribution in [3.8, 4) is 0 Å². The number of nitrogens with zero attached hydrogens (tertiary/aromatic N) is 2. The van der Waals surface area contributed by atoms with Crippen LogP contribution >= 0.6 is 11.3 Å². The molecule has 3 N–H and O–H groups in total. The Hall–Kier alpha value is -2.35. The zero-order chi connectivity index (χ0) is 15.6. The highest BCUT2D eigenvalue weighted by molar-refractivity contribution is 7.16. The second-order valence-electron chi connectivity index (χ2n) is 4.50. The Morgan fingerprint density at radius 1 is 1.48 bits per heavy atom. The van der Waals surface area contributed by atoms with Gasteiger partial charge in [-0.2, -0.15) is 5.10 Å². The van der Waals surface area contributed by atoms with Crippen LogP contribution < -0.4 is 11.1 Å². The second kappa shape index (κ2) is 5.96. The summed E-state index contributed by atoms with van der Waals surface area (Å²) >= 11 is 1.34. The fourth-order valence-electron chi connectivity index (χ4n) is 1.84. The molecule has 0 atom stereocenters. The van der Waals surface area contributed by atoms with Crippen molar-refractivity contribution < 1.29 is 14.3 Å². The van der Waals surface area contributed by atoms with Gasteiger partial charge in [0.1, 0.15) is 11.5 Å². The number of rotatable bonds is 4. The van der Waals surface area contributed by atoms with Gasteiger partial charge in [-0.25, -0.2) is 4.79 Å². The number of hydrogen-bond acceptors (Lipinski definition) is 6. The molecule has 0 saturated carbocycles. The maximum Gasteiger partial charge on any atom is 0.341 e. The topological polar surface area (TPSA) is 99.2 Å². The molecule has 1 amide bonds. The monoisotopic (exact) mass is 308 g/mol. The van der Waals surface area contributed by atoms with Gasteiger partial charge in [0.15, 0.2) is 0 Å². The van der Waals surface area contributed by atoms with Crippen molar-refractivity contribution in [2.75, 3.05) is 18.2 Å². The summed E-state index contributed by atoms with van der Waals surface area (Å²) in [5.74, 6) is -0.750. The number of aromatic nitrogens is 2. The number of thiophene rings is 1. The number of ether oxygens (including phenoxy) is 1. The molecular formula is C13H16N4O3S. The number of nitrogens with one attached hydrogen (secondary N) is 1. The van der Waals surface area contributed by atoms with Crippen molar-refractivity contribution in [3.05, 3.63) is 28.4 Å². The van der Waals surface area contributed by atoms with Gasteiger partial charge >= 0.3 is 5.97 Å². The van der Waals surface area contributed by atoms with Crippen molar-refractivity contribution >= 4 is 33.9 Å². The van der Waals surface area contributed by atoms with Crippen LogP contribution in [-0.4, -0.2) is 28.8 Å². The molecule has 2 heterocycles. The molecule has 0 aliphatic carbocycles. The lowest BCUT2D eigenvalue weighted by atomic mass is 10.1. The first-order chi connectivity index (χ1) is 9.92. The van der Waals surface area contributed by atoms with Crippen molar-refractivity contribution in [1.82, 2.24) is 9.78 Å². The Balaban J connectivity index is 2.17. The fourth-order valence-corrected chi connectivity index (χ4v) is 2.91. The van der Waals surface area contributed by atoms with Crippen LogP contribution in [0, 0.1) is 13.8 Å². The molecule has 0 fully saturated rings. The average Bonchev–Trinajstić information content (AvgIpc) is 2.94. The van der Waals surface area contributed by atoms with Gasteiger partial charge in [-0.1, -0.05) is 0 Å². The van der Waals surface area contributed by atoms with E-state index in [0.29, 0.717) is 16.3 Å². The number of carbonyl (C=O) groups excluding carboxylic acids is 2. The molecule has 0 saturated heterocycles. The lowest BCUT2D eigenvalue weighted by Gasteiger charge is -2.06. The summed E-state index contributed by atoms with van der Waals surface area (Å²) in [6.07, 6.45) is 3.03. The number of carbonyl (C=O) groups is 2. The van der Waals surface area contributed by atoms with Gasteiger partial charge in [-0.15, -0.1) is 11.3 Å². The zero-order valence-corrected chi connectivity index (χ0v) is 12.8. The number of aryl methyl sites for hydroxylation is 1. The SMILES string of the molecule is COC(=O)c1c(NC(=O)Cn2cc(N)cn2)sc(C)c1C. The van der Waals surface area contributed by atoms with Gasteiger partial charge in [0.05, 0.1) is 24.6 Å². The molecule has 8 heteroatoms. The molecule has 0 bridgehead atoms. The van der Waals surface area contributed by atoms with E-state index in [-0.39, 0.29) is 12.5 Å². The van der Waals surface area contributed by atoms with Crippen molar-refractivity contribution in [2.24, 2.45) is 0 Å². The van der Waals surface area contributed by atoms with Gasteiger partial charge in [-0.3, -0.25) is 9.48 Å². The first kappa shape index (κ1) is 15.0. The molecule has 0 radical (unpaired) electrons. The summed E-state index contributed by atoms with van der Waals surface area (Å²) < 4.78 is 6.18. The third-order valence-corrected chi connectivity index (χ3v) is 4.11. The standard InChI is InChI=1S/C13H16N4O3S/c1-7-8(2)21-12(11(7)13(19)20-3)16-10(18)6-17-5-9(14)4-15-17/h4-5H,6,14H2,1-3H3,(H,16,18). The van der Waals surface area contributed by atoms with Crippen LogP contribution in [0.4, 0.5) is 10.7 Å². The highest BCUT2D eigenvalue weighted by Gasteiger charge is 2.21. The average molecular weight is 308 g/mol. The van der Waals surface area contributed by atoms with Gasteiger partial charge in [0, 0.05) is 11.1 Å². The molecule has 0 aromatic carbocycles. The van der Waals surface area contributed by atoms with Crippen molar-refractivity contribution in [1.29, 1.82) is 0 Å². The molecule has 112 valence electrons. The number of anilines is 2. The van der Waals surface area contributed by atoms with E-state index in [0.717, 1.165) is 10.4 Å². The normalized spacial score (nSPS) is 10.4. The minimum absolute atomic E-state index is 0.0216. The second-order valence-corrected chi connectivity index (χ2v) is 5.72. The predicted molar refractivity (Wildman–Crippen MR) is 80.4 cm³/mol. The first-order valence-electron chi connectivity index (χ1n) is 6.18. The van der Waals surface area contributed by atoms with Gasteiger partial charge < -0.3 is 15.8 Å². The lowest BCUT2D eigenvalue weighted by molar-refractivity contribution is -0.116. The third kappa shape index (κ3) is 3.22. The Bertz CT molecular complexity index is 690. The molecule has 0 unspecified atom stereocenters. The van der Waals surface area contributed by atoms with E-state index in [1.807, 2.05) is 13.8 Å². The summed E-state index contributed by atoms with van der Waals surface area (Å²) in [6, 6.07) is 0. The van der Waals surface area contributed by atoms with Crippen LogP contribution in [0.25, 0.3) is 0 Å². The van der Waals surface area contributed by atoms with E-state index >= 15 is 0 Å². The number of esters is 1. The van der Waals surface area contributed by atoms with Gasteiger partial charge in [-0.05, 0) is 19.4 Å². The Morgan fingerprint density at radius 3 is 2.76 bits per heavy atom. The number of methoxy groups -OCH3 is 1. The van der Waals surface area contributed by atoms with Crippen molar-refractivity contribution in [2.45, 2.75) is 20.4 Å². The smallest absolute Gasteiger partial charge is 0.341 e. The highest BCUT2D eigenvalue weighted by atomic mass is 32.1. The summed E-state index contributed by atoms with van der Waals surface area (Å²) in [6.45, 7) is 3.73. The Kier molecular flexibility index (Phi) is 4.27. The first-order valence-corrected chi connectivity index (χ1v) is 7.00. The van der Waals surface area contributed by atoms with E-state index < -0.39 is 5.97 Å². The number of nitrogen functional groups attached to an aromatic ring is 1. The molecule has 21 heavy (non-hydrogen) atoms. The molecule has 0 aliphatic rings. The maximum absolute atomic E-state index is 12.0. The molecule has 0 aliphatic heterocycles. The zero-order valence-electron chi connectivity index (χ0n) is 12.0. The summed E-state index contributed by atoms with van der Waals surface area (Å²) in [5, 5.41) is 7.15. The van der Waals surface area contributed by atoms with Crippen LogP contribution in [0.2, 0.25) is 0 Å². The van der Waals surface area contributed by atoms with Crippen LogP contribution in [0.15, 0.2) is 12.4 Å². The lowest BCUT2D eigenvalue weighted by Crippen LogP contribution is -2.20. The molecular weight excluding hydrogens is 292 g/mol. The minimum Gasteiger partial charge on any atom is -0.465 e. The van der Waals surface area contributed by atoms with Crippen LogP contribution in [0.3, 0.4) is 0 Å². The summed E-state index contributed by atoms with van der Waals surface area (Å²) in [7, 11) is 1.31. The van der Waals surface area contributed by atoms with Gasteiger partial charge in [0.25, 0.3) is 0 Å². The summed E-state index contributed by atoms with van der Waals surface area (Å²) in [5.41, 5.74) is 7.23. The highest BCUT2D eigenvalue weighted by Crippen LogP contribution is 2.32. The fraction of sp³-hybridized carbons (Fsp3) is 0.308. The van der Waals surface area contributed by atoms with Crippen LogP contribution in [-0.2, 0) is 16.1 Å². The summed E-state index contributed by atoms with van der Waals surface area (Å²) in [4.78, 5) is 24.8. The number of nitrogens with two attached hydrogens (primary N) is 1. The van der Waals surface area contributed by atoms with E-state index in [1.54, 1.807) is 6.20 Å². The molecule has 2 aromatic rings. The maximum atomic E-state index is 12.0. The largest absolute Gasteiger partial charge is 0.465 e. The number of hydrogen-bond donors (Lipinski definition) is 2. The Labute approximate surface area is 125 Å². The van der Waals surface area contributed by atoms with Crippen LogP contribution in [0.5, 0.6) is 0 Å². The number of amides is 1. The van der Waals surface area contributed by atoms with E-state index in [4.69, 9.17) is 10.5 Å². The van der Waals surface area contributed by atoms with Gasteiger partial charge in [0.2, 0.25) is 5.91 Å². The minimum atomic E-state index is -0.463. The molecule has 7 nitrogen and oxygen atoms in total. The van der Waals surface area contributed by atoms with E-state index in [9.17, 15) is 9.59 Å². The third-order valence-electron chi connectivity index (χ3n) is 2.99. The molecule has 2 rings (SSSR count). The van der Waals surface area contributed by atoms with Crippen molar-refractivity contribution in [3.63, 3.8) is 0 Å². The van der Waals surface area contributed by atoms with E-state index in [2.05, 4.69) is 10.4 Å².